The molecule has 1 aromatic heterocycles. The van der Waals surface area contributed by atoms with E-state index in [1.807, 2.05) is 22.5 Å². The van der Waals surface area contributed by atoms with Gasteiger partial charge >= 0.3 is 0 Å². The summed E-state index contributed by atoms with van der Waals surface area (Å²) in [6.45, 7) is 4.16. The Morgan fingerprint density at radius 2 is 2.00 bits per heavy atom. The first kappa shape index (κ1) is 17.2. The molecule has 0 spiro atoms. The lowest BCUT2D eigenvalue weighted by Crippen LogP contribution is -2.16. The van der Waals surface area contributed by atoms with Crippen LogP contribution in [-0.2, 0) is 11.5 Å². The molecule has 1 aliphatic rings. The Labute approximate surface area is 161 Å². The Bertz CT molecular complexity index is 1010. The van der Waals surface area contributed by atoms with Crippen molar-refractivity contribution >= 4 is 35.1 Å². The van der Waals surface area contributed by atoms with Crippen molar-refractivity contribution in [2.24, 2.45) is 0 Å². The molecule has 4 rings (SSSR count). The molecule has 0 saturated carbocycles. The first-order valence-electron chi connectivity index (χ1n) is 8.36. The van der Waals surface area contributed by atoms with Gasteiger partial charge in [0.2, 0.25) is 0 Å². The molecular formula is C20H18ClN3OS. The molecule has 1 amide bonds. The zero-order valence-electron chi connectivity index (χ0n) is 14.5. The summed E-state index contributed by atoms with van der Waals surface area (Å²) in [4.78, 5) is 12.8. The lowest BCUT2D eigenvalue weighted by molar-refractivity contribution is 0.102. The maximum absolute atomic E-state index is 12.8. The summed E-state index contributed by atoms with van der Waals surface area (Å²) in [7, 11) is 0. The van der Waals surface area contributed by atoms with Gasteiger partial charge in [0.1, 0.15) is 5.82 Å². The number of nitrogens with zero attached hydrogens (tertiary/aromatic N) is 2. The van der Waals surface area contributed by atoms with E-state index in [-0.39, 0.29) is 5.91 Å². The number of nitrogens with one attached hydrogen (secondary N) is 1. The van der Waals surface area contributed by atoms with E-state index < -0.39 is 0 Å². The number of amides is 1. The van der Waals surface area contributed by atoms with Gasteiger partial charge in [-0.2, -0.15) is 16.9 Å². The van der Waals surface area contributed by atoms with Crippen LogP contribution in [0.3, 0.4) is 0 Å². The monoisotopic (exact) mass is 383 g/mol. The maximum Gasteiger partial charge on any atom is 0.256 e. The van der Waals surface area contributed by atoms with Crippen LogP contribution in [0.25, 0.3) is 5.69 Å². The topological polar surface area (TPSA) is 46.9 Å². The van der Waals surface area contributed by atoms with Gasteiger partial charge in [-0.1, -0.05) is 23.7 Å². The second-order valence-electron chi connectivity index (χ2n) is 6.41. The molecule has 6 heteroatoms. The Morgan fingerprint density at radius 1 is 1.15 bits per heavy atom. The van der Waals surface area contributed by atoms with Gasteiger partial charge in [0.05, 0.1) is 11.4 Å². The molecule has 132 valence electrons. The van der Waals surface area contributed by atoms with Crippen LogP contribution in [0.1, 0.15) is 32.7 Å². The van der Waals surface area contributed by atoms with E-state index in [2.05, 4.69) is 31.3 Å². The molecule has 2 aromatic carbocycles. The number of anilines is 1. The van der Waals surface area contributed by atoms with Gasteiger partial charge < -0.3 is 5.32 Å². The highest BCUT2D eigenvalue weighted by Crippen LogP contribution is 2.36. The lowest BCUT2D eigenvalue weighted by atomic mass is 10.1. The van der Waals surface area contributed by atoms with Crippen LogP contribution in [0, 0.1) is 13.8 Å². The Kier molecular flexibility index (Phi) is 4.51. The van der Waals surface area contributed by atoms with E-state index in [0.717, 1.165) is 34.3 Å². The standard InChI is InChI=1S/C20H18ClN3OS/c1-12-6-7-16(8-13(12)2)24-19(17-10-26-11-18(17)23-24)22-20(25)14-4-3-5-15(21)9-14/h3-9H,10-11H2,1-2H3,(H,22,25). The number of halogens is 1. The van der Waals surface area contributed by atoms with E-state index in [0.29, 0.717) is 10.6 Å². The molecule has 26 heavy (non-hydrogen) atoms. The molecule has 0 bridgehead atoms. The summed E-state index contributed by atoms with van der Waals surface area (Å²) in [6, 6.07) is 13.2. The second-order valence-corrected chi connectivity index (χ2v) is 7.83. The Balaban J connectivity index is 1.75. The van der Waals surface area contributed by atoms with Crippen LogP contribution in [-0.4, -0.2) is 15.7 Å². The fraction of sp³-hybridized carbons (Fsp3) is 0.200. The number of fused-ring (bicyclic) bond motifs is 1. The zero-order chi connectivity index (χ0) is 18.3. The highest BCUT2D eigenvalue weighted by molar-refractivity contribution is 7.98. The van der Waals surface area contributed by atoms with Crippen molar-refractivity contribution in [1.82, 2.24) is 9.78 Å². The number of benzene rings is 2. The molecule has 1 aliphatic heterocycles. The first-order valence-corrected chi connectivity index (χ1v) is 9.89. The van der Waals surface area contributed by atoms with Crippen LogP contribution in [0.5, 0.6) is 0 Å². The van der Waals surface area contributed by atoms with Crippen LogP contribution >= 0.6 is 23.4 Å². The molecule has 0 radical (unpaired) electrons. The van der Waals surface area contributed by atoms with Crippen LogP contribution in [0.15, 0.2) is 42.5 Å². The highest BCUT2D eigenvalue weighted by atomic mass is 35.5. The molecule has 2 heterocycles. The number of rotatable bonds is 3. The highest BCUT2D eigenvalue weighted by Gasteiger charge is 2.25. The largest absolute Gasteiger partial charge is 0.306 e. The predicted molar refractivity (Wildman–Crippen MR) is 107 cm³/mol. The summed E-state index contributed by atoms with van der Waals surface area (Å²) in [6.07, 6.45) is 0. The van der Waals surface area contributed by atoms with Crippen molar-refractivity contribution < 1.29 is 4.79 Å². The van der Waals surface area contributed by atoms with Gasteiger partial charge in [-0.05, 0) is 55.3 Å². The molecule has 0 aliphatic carbocycles. The summed E-state index contributed by atoms with van der Waals surface area (Å²) in [5.74, 6) is 2.29. The van der Waals surface area contributed by atoms with Crippen molar-refractivity contribution in [2.45, 2.75) is 25.4 Å². The molecular weight excluding hydrogens is 366 g/mol. The molecule has 3 aromatic rings. The molecule has 0 unspecified atom stereocenters. The molecule has 0 fully saturated rings. The zero-order valence-corrected chi connectivity index (χ0v) is 16.1. The summed E-state index contributed by atoms with van der Waals surface area (Å²) < 4.78 is 1.85. The predicted octanol–water partition coefficient (Wildman–Crippen LogP) is 5.14. The van der Waals surface area contributed by atoms with Crippen LogP contribution in [0.2, 0.25) is 5.02 Å². The minimum atomic E-state index is -0.183. The Morgan fingerprint density at radius 3 is 2.77 bits per heavy atom. The molecule has 1 N–H and O–H groups in total. The fourth-order valence-electron chi connectivity index (χ4n) is 2.99. The lowest BCUT2D eigenvalue weighted by Gasteiger charge is -2.12. The second kappa shape index (κ2) is 6.82. The average Bonchev–Trinajstić information content (AvgIpc) is 3.20. The average molecular weight is 384 g/mol. The maximum atomic E-state index is 12.8. The number of carbonyl (C=O) groups is 1. The third-order valence-electron chi connectivity index (χ3n) is 4.61. The number of aromatic nitrogens is 2. The number of thioether (sulfide) groups is 1. The van der Waals surface area contributed by atoms with Crippen molar-refractivity contribution in [3.63, 3.8) is 0 Å². The van der Waals surface area contributed by atoms with Gasteiger partial charge in [-0.3, -0.25) is 4.79 Å². The first-order chi connectivity index (χ1) is 12.5. The summed E-state index contributed by atoms with van der Waals surface area (Å²) >= 11 is 7.83. The minimum absolute atomic E-state index is 0.183. The van der Waals surface area contributed by atoms with E-state index in [1.54, 1.807) is 24.3 Å². The normalized spacial score (nSPS) is 12.9. The van der Waals surface area contributed by atoms with Crippen molar-refractivity contribution in [3.8, 4) is 5.69 Å². The third kappa shape index (κ3) is 3.13. The molecule has 0 saturated heterocycles. The van der Waals surface area contributed by atoms with Crippen LogP contribution in [0.4, 0.5) is 5.82 Å². The smallest absolute Gasteiger partial charge is 0.256 e. The number of hydrogen-bond donors (Lipinski definition) is 1. The summed E-state index contributed by atoms with van der Waals surface area (Å²) in [5.41, 5.74) is 6.05. The van der Waals surface area contributed by atoms with Gasteiger partial charge in [0, 0.05) is 27.7 Å². The van der Waals surface area contributed by atoms with Crippen molar-refractivity contribution in [1.29, 1.82) is 0 Å². The van der Waals surface area contributed by atoms with E-state index in [4.69, 9.17) is 16.7 Å². The minimum Gasteiger partial charge on any atom is -0.306 e. The SMILES string of the molecule is Cc1ccc(-n2nc3c(c2NC(=O)c2cccc(Cl)c2)CSC3)cc1C. The van der Waals surface area contributed by atoms with E-state index in [9.17, 15) is 4.79 Å². The van der Waals surface area contributed by atoms with Gasteiger partial charge in [0.25, 0.3) is 5.91 Å². The van der Waals surface area contributed by atoms with Gasteiger partial charge in [-0.25, -0.2) is 4.68 Å². The van der Waals surface area contributed by atoms with Gasteiger partial charge in [-0.15, -0.1) is 0 Å². The number of hydrogen-bond acceptors (Lipinski definition) is 3. The molecule has 4 nitrogen and oxygen atoms in total. The number of aryl methyl sites for hydroxylation is 2. The summed E-state index contributed by atoms with van der Waals surface area (Å²) in [5, 5.41) is 8.35. The molecule has 0 atom stereocenters. The van der Waals surface area contributed by atoms with Gasteiger partial charge in [0.15, 0.2) is 0 Å². The quantitative estimate of drug-likeness (QED) is 0.681. The fourth-order valence-corrected chi connectivity index (χ4v) is 4.22. The Hall–Kier alpha value is -2.24. The number of carbonyl (C=O) groups excluding carboxylic acids is 1. The third-order valence-corrected chi connectivity index (χ3v) is 5.81. The van der Waals surface area contributed by atoms with Crippen molar-refractivity contribution in [3.05, 3.63) is 75.4 Å². The van der Waals surface area contributed by atoms with E-state index in [1.165, 1.54) is 11.1 Å². The van der Waals surface area contributed by atoms with E-state index >= 15 is 0 Å². The van der Waals surface area contributed by atoms with Crippen molar-refractivity contribution in [2.75, 3.05) is 5.32 Å². The van der Waals surface area contributed by atoms with Crippen LogP contribution < -0.4 is 5.32 Å².